The number of amides is 1. The fourth-order valence-electron chi connectivity index (χ4n) is 2.79. The van der Waals surface area contributed by atoms with Crippen molar-refractivity contribution in [2.75, 3.05) is 13.7 Å². The molecule has 1 amide bonds. The van der Waals surface area contributed by atoms with Crippen molar-refractivity contribution < 1.29 is 19.4 Å². The van der Waals surface area contributed by atoms with Gasteiger partial charge in [-0.05, 0) is 31.4 Å². The third kappa shape index (κ3) is 3.82. The van der Waals surface area contributed by atoms with Crippen LogP contribution in [0.25, 0.3) is 0 Å². The first kappa shape index (κ1) is 16.4. The second kappa shape index (κ2) is 7.35. The normalized spacial score (nSPS) is 17.3. The molecule has 1 atom stereocenters. The standard InChI is InChI=1S/C16H22N2O4/c1-22-10-8-16(6-4-7-16)15(21)18-13(11-14(19)20)12-5-2-3-9-17-12/h2-3,5,9,13H,4,6-8,10-11H2,1H3,(H,18,21)(H,19,20). The maximum absolute atomic E-state index is 12.6. The van der Waals surface area contributed by atoms with Gasteiger partial charge < -0.3 is 15.2 Å². The minimum atomic E-state index is -0.962. The quantitative estimate of drug-likeness (QED) is 0.766. The van der Waals surface area contributed by atoms with Crippen molar-refractivity contribution in [2.24, 2.45) is 5.41 Å². The van der Waals surface area contributed by atoms with E-state index in [1.54, 1.807) is 31.5 Å². The van der Waals surface area contributed by atoms with Crippen LogP contribution in [-0.4, -0.2) is 35.7 Å². The first-order chi connectivity index (χ1) is 10.6. The zero-order chi connectivity index (χ0) is 16.0. The first-order valence-corrected chi connectivity index (χ1v) is 7.50. The van der Waals surface area contributed by atoms with E-state index >= 15 is 0 Å². The van der Waals surface area contributed by atoms with Crippen molar-refractivity contribution in [3.63, 3.8) is 0 Å². The molecule has 6 nitrogen and oxygen atoms in total. The van der Waals surface area contributed by atoms with Crippen molar-refractivity contribution in [2.45, 2.75) is 38.1 Å². The van der Waals surface area contributed by atoms with Crippen LogP contribution in [0.15, 0.2) is 24.4 Å². The predicted octanol–water partition coefficient (Wildman–Crippen LogP) is 1.92. The Kier molecular flexibility index (Phi) is 5.49. The molecule has 1 aromatic heterocycles. The molecule has 1 saturated carbocycles. The van der Waals surface area contributed by atoms with Crippen LogP contribution in [0.5, 0.6) is 0 Å². The maximum Gasteiger partial charge on any atom is 0.305 e. The van der Waals surface area contributed by atoms with Gasteiger partial charge in [0.2, 0.25) is 5.91 Å². The largest absolute Gasteiger partial charge is 0.481 e. The van der Waals surface area contributed by atoms with Gasteiger partial charge in [-0.2, -0.15) is 0 Å². The minimum absolute atomic E-state index is 0.0901. The SMILES string of the molecule is COCCC1(C(=O)NC(CC(=O)O)c2ccccn2)CCC1. The monoisotopic (exact) mass is 306 g/mol. The molecule has 1 aliphatic rings. The molecular weight excluding hydrogens is 284 g/mol. The van der Waals surface area contributed by atoms with E-state index < -0.39 is 17.4 Å². The number of nitrogens with one attached hydrogen (secondary N) is 1. The van der Waals surface area contributed by atoms with E-state index in [0.29, 0.717) is 18.7 Å². The minimum Gasteiger partial charge on any atom is -0.481 e. The highest BCUT2D eigenvalue weighted by Crippen LogP contribution is 2.44. The molecule has 1 aliphatic carbocycles. The van der Waals surface area contributed by atoms with Crippen LogP contribution in [0, 0.1) is 5.41 Å². The number of carboxylic acid groups (broad SMARTS) is 1. The fourth-order valence-corrected chi connectivity index (χ4v) is 2.79. The number of ether oxygens (including phenoxy) is 1. The van der Waals surface area contributed by atoms with E-state index in [2.05, 4.69) is 10.3 Å². The Hall–Kier alpha value is -1.95. The summed E-state index contributed by atoms with van der Waals surface area (Å²) in [7, 11) is 1.62. The zero-order valence-electron chi connectivity index (χ0n) is 12.7. The molecule has 1 aromatic rings. The molecule has 0 radical (unpaired) electrons. The first-order valence-electron chi connectivity index (χ1n) is 7.50. The highest BCUT2D eigenvalue weighted by Gasteiger charge is 2.44. The molecule has 120 valence electrons. The van der Waals surface area contributed by atoms with Gasteiger partial charge in [0.1, 0.15) is 0 Å². The highest BCUT2D eigenvalue weighted by atomic mass is 16.5. The molecule has 2 N–H and O–H groups in total. The van der Waals surface area contributed by atoms with Crippen molar-refractivity contribution in [3.05, 3.63) is 30.1 Å². The summed E-state index contributed by atoms with van der Waals surface area (Å²) in [5.74, 6) is -1.05. The number of rotatable bonds is 8. The lowest BCUT2D eigenvalue weighted by Gasteiger charge is -2.41. The van der Waals surface area contributed by atoms with Gasteiger partial charge in [0.05, 0.1) is 23.6 Å². The number of hydrogen-bond acceptors (Lipinski definition) is 4. The molecule has 0 saturated heterocycles. The zero-order valence-corrected chi connectivity index (χ0v) is 12.7. The maximum atomic E-state index is 12.6. The third-order valence-corrected chi connectivity index (χ3v) is 4.31. The summed E-state index contributed by atoms with van der Waals surface area (Å²) >= 11 is 0. The third-order valence-electron chi connectivity index (χ3n) is 4.31. The smallest absolute Gasteiger partial charge is 0.305 e. The van der Waals surface area contributed by atoms with E-state index in [-0.39, 0.29) is 12.3 Å². The number of methoxy groups -OCH3 is 1. The lowest BCUT2D eigenvalue weighted by molar-refractivity contribution is -0.140. The van der Waals surface area contributed by atoms with E-state index in [0.717, 1.165) is 19.3 Å². The van der Waals surface area contributed by atoms with Gasteiger partial charge in [0, 0.05) is 19.9 Å². The Morgan fingerprint density at radius 3 is 2.73 bits per heavy atom. The molecule has 1 unspecified atom stereocenters. The number of carbonyl (C=O) groups is 2. The lowest BCUT2D eigenvalue weighted by Crippen LogP contribution is -2.47. The molecule has 0 bridgehead atoms. The predicted molar refractivity (Wildman–Crippen MR) is 80.2 cm³/mol. The molecule has 1 heterocycles. The number of carbonyl (C=O) groups excluding carboxylic acids is 1. The fraction of sp³-hybridized carbons (Fsp3) is 0.562. The molecule has 1 fully saturated rings. The van der Waals surface area contributed by atoms with Crippen LogP contribution in [0.4, 0.5) is 0 Å². The Bertz CT molecular complexity index is 514. The highest BCUT2D eigenvalue weighted by molar-refractivity contribution is 5.84. The molecular formula is C16H22N2O4. The lowest BCUT2D eigenvalue weighted by atomic mass is 9.66. The van der Waals surface area contributed by atoms with E-state index in [1.165, 1.54) is 0 Å². The molecule has 6 heteroatoms. The van der Waals surface area contributed by atoms with Crippen LogP contribution in [0.3, 0.4) is 0 Å². The molecule has 0 aliphatic heterocycles. The van der Waals surface area contributed by atoms with Crippen LogP contribution >= 0.6 is 0 Å². The van der Waals surface area contributed by atoms with Crippen LogP contribution < -0.4 is 5.32 Å². The Labute approximate surface area is 129 Å². The summed E-state index contributed by atoms with van der Waals surface area (Å²) in [5, 5.41) is 12.0. The van der Waals surface area contributed by atoms with E-state index in [9.17, 15) is 9.59 Å². The second-order valence-corrected chi connectivity index (χ2v) is 5.76. The van der Waals surface area contributed by atoms with Crippen LogP contribution in [0.1, 0.15) is 43.8 Å². The van der Waals surface area contributed by atoms with Gasteiger partial charge in [-0.25, -0.2) is 0 Å². The van der Waals surface area contributed by atoms with Crippen LogP contribution in [-0.2, 0) is 14.3 Å². The number of nitrogens with zero attached hydrogens (tertiary/aromatic N) is 1. The average molecular weight is 306 g/mol. The number of carboxylic acids is 1. The van der Waals surface area contributed by atoms with Crippen molar-refractivity contribution >= 4 is 11.9 Å². The van der Waals surface area contributed by atoms with Gasteiger partial charge >= 0.3 is 5.97 Å². The van der Waals surface area contributed by atoms with Crippen molar-refractivity contribution in [1.82, 2.24) is 10.3 Å². The van der Waals surface area contributed by atoms with Gasteiger partial charge in [0.25, 0.3) is 0 Å². The molecule has 22 heavy (non-hydrogen) atoms. The topological polar surface area (TPSA) is 88.5 Å². The van der Waals surface area contributed by atoms with Gasteiger partial charge in [0.15, 0.2) is 0 Å². The number of aromatic nitrogens is 1. The number of aliphatic carboxylic acids is 1. The Balaban J connectivity index is 2.09. The molecule has 0 spiro atoms. The summed E-state index contributed by atoms with van der Waals surface area (Å²) in [6, 6.07) is 4.67. The van der Waals surface area contributed by atoms with E-state index in [4.69, 9.17) is 9.84 Å². The van der Waals surface area contributed by atoms with Crippen molar-refractivity contribution in [1.29, 1.82) is 0 Å². The summed E-state index contributed by atoms with van der Waals surface area (Å²) < 4.78 is 5.09. The molecule has 0 aromatic carbocycles. The average Bonchev–Trinajstić information content (AvgIpc) is 2.46. The van der Waals surface area contributed by atoms with Crippen molar-refractivity contribution in [3.8, 4) is 0 Å². The number of pyridine rings is 1. The Morgan fingerprint density at radius 1 is 1.45 bits per heavy atom. The summed E-state index contributed by atoms with van der Waals surface area (Å²) in [6.45, 7) is 0.528. The van der Waals surface area contributed by atoms with Crippen LogP contribution in [0.2, 0.25) is 0 Å². The van der Waals surface area contributed by atoms with Gasteiger partial charge in [-0.1, -0.05) is 12.5 Å². The van der Waals surface area contributed by atoms with E-state index in [1.807, 2.05) is 0 Å². The molecule has 2 rings (SSSR count). The summed E-state index contributed by atoms with van der Waals surface area (Å²) in [5.41, 5.74) is 0.154. The number of hydrogen-bond donors (Lipinski definition) is 2. The summed E-state index contributed by atoms with van der Waals surface area (Å²) in [4.78, 5) is 27.9. The van der Waals surface area contributed by atoms with Gasteiger partial charge in [-0.3, -0.25) is 14.6 Å². The second-order valence-electron chi connectivity index (χ2n) is 5.76. The summed E-state index contributed by atoms with van der Waals surface area (Å²) in [6.07, 6.45) is 4.75. The Morgan fingerprint density at radius 2 is 2.23 bits per heavy atom. The van der Waals surface area contributed by atoms with Gasteiger partial charge in [-0.15, -0.1) is 0 Å².